The first kappa shape index (κ1) is 16.1. The first-order chi connectivity index (χ1) is 9.95. The number of rotatable bonds is 0. The summed E-state index contributed by atoms with van der Waals surface area (Å²) in [6.07, 6.45) is 2.64. The van der Waals surface area contributed by atoms with Crippen LogP contribution in [0.25, 0.3) is 0 Å². The van der Waals surface area contributed by atoms with E-state index in [-0.39, 0.29) is 0 Å². The molecule has 0 aromatic heterocycles. The first-order valence-corrected chi connectivity index (χ1v) is 8.25. The number of fused-ring (bicyclic) bond motifs is 2. The molecule has 2 unspecified atom stereocenters. The van der Waals surface area contributed by atoms with Gasteiger partial charge in [-0.3, -0.25) is 0 Å². The van der Waals surface area contributed by atoms with E-state index in [4.69, 9.17) is 0 Å². The predicted octanol–water partition coefficient (Wildman–Crippen LogP) is -1.93. The Hall–Kier alpha value is -0.240. The van der Waals surface area contributed by atoms with Crippen molar-refractivity contribution in [1.82, 2.24) is 31.9 Å². The molecule has 118 valence electrons. The lowest BCUT2D eigenvalue weighted by Crippen LogP contribution is -2.39. The van der Waals surface area contributed by atoms with Gasteiger partial charge in [0.05, 0.1) is 0 Å². The molecule has 0 radical (unpaired) electrons. The van der Waals surface area contributed by atoms with Gasteiger partial charge in [0.25, 0.3) is 0 Å². The summed E-state index contributed by atoms with van der Waals surface area (Å²) in [7, 11) is 0. The van der Waals surface area contributed by atoms with Crippen LogP contribution in [0.4, 0.5) is 0 Å². The van der Waals surface area contributed by atoms with E-state index >= 15 is 0 Å². The molecule has 4 heterocycles. The van der Waals surface area contributed by atoms with Gasteiger partial charge in [0, 0.05) is 64.4 Å². The lowest BCUT2D eigenvalue weighted by atomic mass is 10.3. The van der Waals surface area contributed by atoms with Crippen LogP contribution < -0.4 is 31.9 Å². The highest BCUT2D eigenvalue weighted by Gasteiger charge is 2.29. The van der Waals surface area contributed by atoms with Crippen LogP contribution in [-0.2, 0) is 0 Å². The lowest BCUT2D eigenvalue weighted by molar-refractivity contribution is 0.528. The Bertz CT molecular complexity index is 185. The van der Waals surface area contributed by atoms with Crippen LogP contribution in [0.5, 0.6) is 0 Å². The number of nitrogens with one attached hydrogen (secondary N) is 6. The van der Waals surface area contributed by atoms with Gasteiger partial charge in [-0.05, 0) is 25.9 Å². The van der Waals surface area contributed by atoms with Gasteiger partial charge in [0.2, 0.25) is 0 Å². The third-order valence-electron chi connectivity index (χ3n) is 4.02. The van der Waals surface area contributed by atoms with Crippen LogP contribution >= 0.6 is 0 Å². The van der Waals surface area contributed by atoms with E-state index in [1.54, 1.807) is 0 Å². The summed E-state index contributed by atoms with van der Waals surface area (Å²) in [6, 6.07) is 1.62. The maximum absolute atomic E-state index is 3.39. The molecule has 0 aromatic carbocycles. The van der Waals surface area contributed by atoms with Gasteiger partial charge >= 0.3 is 0 Å². The molecule has 2 atom stereocenters. The van der Waals surface area contributed by atoms with Crippen molar-refractivity contribution >= 4 is 0 Å². The van der Waals surface area contributed by atoms with Crippen molar-refractivity contribution in [3.8, 4) is 0 Å². The molecular formula is C14H32N6. The number of hydrogen-bond donors (Lipinski definition) is 6. The van der Waals surface area contributed by atoms with E-state index in [2.05, 4.69) is 31.9 Å². The first-order valence-electron chi connectivity index (χ1n) is 8.25. The second-order valence-corrected chi connectivity index (χ2v) is 5.80. The number of hydrogen-bond acceptors (Lipinski definition) is 6. The van der Waals surface area contributed by atoms with E-state index in [9.17, 15) is 0 Å². The van der Waals surface area contributed by atoms with Gasteiger partial charge in [-0.25, -0.2) is 0 Å². The number of piperazine rings is 2. The highest BCUT2D eigenvalue weighted by atomic mass is 15.1. The summed E-state index contributed by atoms with van der Waals surface area (Å²) in [6.45, 7) is 11.6. The van der Waals surface area contributed by atoms with E-state index in [1.807, 2.05) is 0 Å². The van der Waals surface area contributed by atoms with Crippen LogP contribution in [0, 0.1) is 0 Å². The molecule has 4 rings (SSSR count). The SMILES string of the molecule is C1CNCCN1.C1CNCCNC1.C1NC2CNC1C2. The zero-order valence-corrected chi connectivity index (χ0v) is 12.6. The zero-order chi connectivity index (χ0) is 13.9. The zero-order valence-electron chi connectivity index (χ0n) is 12.6. The summed E-state index contributed by atoms with van der Waals surface area (Å²) in [5.74, 6) is 0. The van der Waals surface area contributed by atoms with Crippen molar-refractivity contribution in [2.45, 2.75) is 24.9 Å². The summed E-state index contributed by atoms with van der Waals surface area (Å²) in [5, 5.41) is 19.8. The van der Waals surface area contributed by atoms with Crippen molar-refractivity contribution in [2.24, 2.45) is 0 Å². The van der Waals surface area contributed by atoms with Crippen molar-refractivity contribution in [3.63, 3.8) is 0 Å². The molecule has 4 aliphatic heterocycles. The molecule has 4 saturated heterocycles. The average molecular weight is 284 g/mol. The van der Waals surface area contributed by atoms with Crippen LogP contribution in [-0.4, -0.2) is 77.5 Å². The van der Waals surface area contributed by atoms with E-state index in [0.717, 1.165) is 51.4 Å². The third-order valence-corrected chi connectivity index (χ3v) is 4.02. The topological polar surface area (TPSA) is 72.2 Å². The van der Waals surface area contributed by atoms with Gasteiger partial charge in [0.15, 0.2) is 0 Å². The monoisotopic (exact) mass is 284 g/mol. The van der Waals surface area contributed by atoms with Crippen molar-refractivity contribution < 1.29 is 0 Å². The van der Waals surface area contributed by atoms with Crippen LogP contribution in [0.15, 0.2) is 0 Å². The molecule has 0 aliphatic carbocycles. The molecule has 4 fully saturated rings. The Morgan fingerprint density at radius 1 is 0.500 bits per heavy atom. The average Bonchev–Trinajstić information content (AvgIpc) is 3.06. The Balaban J connectivity index is 0.000000111. The van der Waals surface area contributed by atoms with Crippen molar-refractivity contribution in [2.75, 3.05) is 65.4 Å². The van der Waals surface area contributed by atoms with E-state index < -0.39 is 0 Å². The maximum Gasteiger partial charge on any atom is 0.0208 e. The Morgan fingerprint density at radius 2 is 0.900 bits per heavy atom. The Morgan fingerprint density at radius 3 is 1.15 bits per heavy atom. The molecule has 0 aromatic rings. The Labute approximate surface area is 123 Å². The summed E-state index contributed by atoms with van der Waals surface area (Å²) >= 11 is 0. The maximum atomic E-state index is 3.39. The predicted molar refractivity (Wildman–Crippen MR) is 84.3 cm³/mol. The molecule has 0 saturated carbocycles. The van der Waals surface area contributed by atoms with Crippen molar-refractivity contribution in [1.29, 1.82) is 0 Å². The summed E-state index contributed by atoms with van der Waals surface area (Å²) in [5.41, 5.74) is 0. The molecule has 4 aliphatic rings. The minimum Gasteiger partial charge on any atom is -0.315 e. The second kappa shape index (κ2) is 10.5. The molecule has 2 bridgehead atoms. The molecule has 0 spiro atoms. The molecule has 6 heteroatoms. The van der Waals surface area contributed by atoms with Crippen LogP contribution in [0.1, 0.15) is 12.8 Å². The quantitative estimate of drug-likeness (QED) is 0.311. The normalized spacial score (nSPS) is 32.4. The van der Waals surface area contributed by atoms with Crippen LogP contribution in [0.3, 0.4) is 0 Å². The molecule has 0 amide bonds. The van der Waals surface area contributed by atoms with Gasteiger partial charge in [-0.1, -0.05) is 0 Å². The van der Waals surface area contributed by atoms with Crippen LogP contribution in [0.2, 0.25) is 0 Å². The van der Waals surface area contributed by atoms with Gasteiger partial charge in [0.1, 0.15) is 0 Å². The standard InChI is InChI=1S/C5H10N2.C5H12N2.C4H10N2/c1-4-2-6-5(1)3-7-4;1-2-6-4-5-7-3-1;1-2-6-4-3-5-1/h4-7H,1-3H2;6-7H,1-5H2;5-6H,1-4H2. The van der Waals surface area contributed by atoms with E-state index in [1.165, 1.54) is 39.0 Å². The van der Waals surface area contributed by atoms with E-state index in [0.29, 0.717) is 0 Å². The lowest BCUT2D eigenvalue weighted by Gasteiger charge is -2.11. The molecule has 20 heavy (non-hydrogen) atoms. The second-order valence-electron chi connectivity index (χ2n) is 5.80. The summed E-state index contributed by atoms with van der Waals surface area (Å²) < 4.78 is 0. The fourth-order valence-electron chi connectivity index (χ4n) is 2.81. The fourth-order valence-corrected chi connectivity index (χ4v) is 2.81. The largest absolute Gasteiger partial charge is 0.315 e. The minimum absolute atomic E-state index is 0.810. The molecule has 6 N–H and O–H groups in total. The summed E-state index contributed by atoms with van der Waals surface area (Å²) in [4.78, 5) is 0. The van der Waals surface area contributed by atoms with Gasteiger partial charge in [-0.15, -0.1) is 0 Å². The highest BCUT2D eigenvalue weighted by Crippen LogP contribution is 2.11. The van der Waals surface area contributed by atoms with Crippen molar-refractivity contribution in [3.05, 3.63) is 0 Å². The van der Waals surface area contributed by atoms with Gasteiger partial charge < -0.3 is 31.9 Å². The fraction of sp³-hybridized carbons (Fsp3) is 1.00. The smallest absolute Gasteiger partial charge is 0.0208 e. The highest BCUT2D eigenvalue weighted by molar-refractivity contribution is 4.94. The molecule has 6 nitrogen and oxygen atoms in total. The van der Waals surface area contributed by atoms with Gasteiger partial charge in [-0.2, -0.15) is 0 Å². The minimum atomic E-state index is 0.810. The molecular weight excluding hydrogens is 252 g/mol. The third kappa shape index (κ3) is 6.97. The Kier molecular flexibility index (Phi) is 8.46.